The lowest BCUT2D eigenvalue weighted by Crippen LogP contribution is -2.15. The van der Waals surface area contributed by atoms with E-state index in [0.29, 0.717) is 23.3 Å². The second kappa shape index (κ2) is 6.97. The fourth-order valence-corrected chi connectivity index (χ4v) is 2.94. The van der Waals surface area contributed by atoms with Gasteiger partial charge in [0.1, 0.15) is 17.4 Å². The van der Waals surface area contributed by atoms with Crippen LogP contribution >= 0.6 is 0 Å². The molecule has 1 atom stereocenters. The van der Waals surface area contributed by atoms with Gasteiger partial charge in [-0.1, -0.05) is 36.4 Å². The Labute approximate surface area is 140 Å². The molecule has 2 aromatic rings. The number of rotatable bonds is 4. The molecule has 0 aromatic heterocycles. The van der Waals surface area contributed by atoms with E-state index in [-0.39, 0.29) is 17.2 Å². The molecule has 0 saturated carbocycles. The van der Waals surface area contributed by atoms with Gasteiger partial charge in [-0.15, -0.1) is 0 Å². The van der Waals surface area contributed by atoms with Crippen molar-refractivity contribution in [2.45, 2.75) is 12.5 Å². The minimum atomic E-state index is -0.499. The highest BCUT2D eigenvalue weighted by atomic mass is 19.1. The van der Waals surface area contributed by atoms with Crippen LogP contribution in [-0.2, 0) is 4.74 Å². The van der Waals surface area contributed by atoms with Crippen molar-refractivity contribution < 1.29 is 18.3 Å². The first-order chi connectivity index (χ1) is 11.7. The van der Waals surface area contributed by atoms with Gasteiger partial charge < -0.3 is 9.47 Å². The molecule has 1 unspecified atom stereocenters. The standard InChI is InChI=1S/C20H18F2O2/c1-23-19-9-5-3-7-13(19)15-11-18(22)16(12-17(15)21)14-8-4-6-10-20(14)24-2/h3-9,11-12,20H,10H2,1-2H3. The molecule has 3 rings (SSSR count). The van der Waals surface area contributed by atoms with Crippen LogP contribution in [0, 0.1) is 11.6 Å². The SMILES string of the molecule is COc1ccccc1-c1cc(F)c(C2=CC=CCC2OC)cc1F. The number of allylic oxidation sites excluding steroid dienone is 2. The van der Waals surface area contributed by atoms with Crippen LogP contribution < -0.4 is 4.74 Å². The maximum Gasteiger partial charge on any atom is 0.131 e. The van der Waals surface area contributed by atoms with E-state index < -0.39 is 11.6 Å². The van der Waals surface area contributed by atoms with Gasteiger partial charge in [0, 0.05) is 23.8 Å². The van der Waals surface area contributed by atoms with Crippen LogP contribution in [0.3, 0.4) is 0 Å². The molecule has 2 aromatic carbocycles. The number of benzene rings is 2. The minimum absolute atomic E-state index is 0.176. The van der Waals surface area contributed by atoms with Gasteiger partial charge in [0.2, 0.25) is 0 Å². The molecule has 0 heterocycles. The van der Waals surface area contributed by atoms with Crippen molar-refractivity contribution in [1.29, 1.82) is 0 Å². The minimum Gasteiger partial charge on any atom is -0.496 e. The molecule has 1 aliphatic carbocycles. The van der Waals surface area contributed by atoms with E-state index in [2.05, 4.69) is 0 Å². The maximum atomic E-state index is 14.7. The lowest BCUT2D eigenvalue weighted by molar-refractivity contribution is 0.150. The zero-order valence-corrected chi connectivity index (χ0v) is 13.6. The molecule has 0 fully saturated rings. The quantitative estimate of drug-likeness (QED) is 0.786. The van der Waals surface area contributed by atoms with Crippen LogP contribution in [0.1, 0.15) is 12.0 Å². The molecular weight excluding hydrogens is 310 g/mol. The highest BCUT2D eigenvalue weighted by Crippen LogP contribution is 2.36. The van der Waals surface area contributed by atoms with E-state index >= 15 is 0 Å². The zero-order chi connectivity index (χ0) is 17.1. The van der Waals surface area contributed by atoms with Gasteiger partial charge in [-0.25, -0.2) is 8.78 Å². The molecule has 124 valence electrons. The Morgan fingerprint density at radius 2 is 1.67 bits per heavy atom. The van der Waals surface area contributed by atoms with Gasteiger partial charge >= 0.3 is 0 Å². The van der Waals surface area contributed by atoms with Crippen molar-refractivity contribution in [3.8, 4) is 16.9 Å². The van der Waals surface area contributed by atoms with Crippen LogP contribution in [0.15, 0.2) is 54.6 Å². The monoisotopic (exact) mass is 328 g/mol. The van der Waals surface area contributed by atoms with Gasteiger partial charge in [0.25, 0.3) is 0 Å². The molecule has 0 amide bonds. The molecule has 0 bridgehead atoms. The Bertz CT molecular complexity index is 809. The number of methoxy groups -OCH3 is 2. The largest absolute Gasteiger partial charge is 0.496 e. The van der Waals surface area contributed by atoms with Crippen LogP contribution in [0.25, 0.3) is 16.7 Å². The smallest absolute Gasteiger partial charge is 0.131 e. The van der Waals surface area contributed by atoms with Crippen LogP contribution in [0.2, 0.25) is 0 Å². The summed E-state index contributed by atoms with van der Waals surface area (Å²) in [6, 6.07) is 9.42. The van der Waals surface area contributed by atoms with Crippen LogP contribution in [-0.4, -0.2) is 20.3 Å². The van der Waals surface area contributed by atoms with E-state index in [0.717, 1.165) is 0 Å². The first-order valence-corrected chi connectivity index (χ1v) is 7.68. The second-order valence-electron chi connectivity index (χ2n) is 5.52. The Morgan fingerprint density at radius 1 is 0.958 bits per heavy atom. The lowest BCUT2D eigenvalue weighted by atomic mass is 9.92. The zero-order valence-electron chi connectivity index (χ0n) is 13.6. The third kappa shape index (κ3) is 2.97. The van der Waals surface area contributed by atoms with Gasteiger partial charge in [-0.05, 0) is 30.2 Å². The molecule has 0 N–H and O–H groups in total. The highest BCUT2D eigenvalue weighted by Gasteiger charge is 2.22. The Hall–Kier alpha value is -2.46. The summed E-state index contributed by atoms with van der Waals surface area (Å²) in [6.45, 7) is 0. The first-order valence-electron chi connectivity index (χ1n) is 7.68. The van der Waals surface area contributed by atoms with E-state index in [1.165, 1.54) is 19.2 Å². The van der Waals surface area contributed by atoms with Gasteiger partial charge in [-0.3, -0.25) is 0 Å². The number of hydrogen-bond donors (Lipinski definition) is 0. The van der Waals surface area contributed by atoms with Crippen LogP contribution in [0.5, 0.6) is 5.75 Å². The van der Waals surface area contributed by atoms with E-state index in [9.17, 15) is 8.78 Å². The summed E-state index contributed by atoms with van der Waals surface area (Å²) in [5, 5.41) is 0. The Kier molecular flexibility index (Phi) is 4.76. The van der Waals surface area contributed by atoms with Crippen molar-refractivity contribution in [3.63, 3.8) is 0 Å². The molecule has 0 aliphatic heterocycles. The van der Waals surface area contributed by atoms with Crippen molar-refractivity contribution in [2.24, 2.45) is 0 Å². The third-order valence-electron chi connectivity index (χ3n) is 4.16. The van der Waals surface area contributed by atoms with E-state index in [1.807, 2.05) is 12.2 Å². The molecule has 2 nitrogen and oxygen atoms in total. The molecule has 4 heteroatoms. The lowest BCUT2D eigenvalue weighted by Gasteiger charge is -2.21. The molecule has 0 radical (unpaired) electrons. The molecular formula is C20H18F2O2. The summed E-state index contributed by atoms with van der Waals surface area (Å²) in [6.07, 6.45) is 5.89. The molecule has 24 heavy (non-hydrogen) atoms. The van der Waals surface area contributed by atoms with E-state index in [1.54, 1.807) is 37.5 Å². The average molecular weight is 328 g/mol. The summed E-state index contributed by atoms with van der Waals surface area (Å²) in [5.41, 5.74) is 1.56. The molecule has 1 aliphatic rings. The summed E-state index contributed by atoms with van der Waals surface area (Å²) >= 11 is 0. The van der Waals surface area contributed by atoms with Crippen molar-refractivity contribution in [2.75, 3.05) is 14.2 Å². The number of hydrogen-bond acceptors (Lipinski definition) is 2. The van der Waals surface area contributed by atoms with E-state index in [4.69, 9.17) is 9.47 Å². The number of halogens is 2. The van der Waals surface area contributed by atoms with Crippen LogP contribution in [0.4, 0.5) is 8.78 Å². The maximum absolute atomic E-state index is 14.7. The summed E-state index contributed by atoms with van der Waals surface area (Å²) in [4.78, 5) is 0. The normalized spacial score (nSPS) is 16.8. The fraction of sp³-hybridized carbons (Fsp3) is 0.200. The van der Waals surface area contributed by atoms with Gasteiger partial charge in [-0.2, -0.15) is 0 Å². The van der Waals surface area contributed by atoms with Gasteiger partial charge in [0.15, 0.2) is 0 Å². The first kappa shape index (κ1) is 16.4. The predicted molar refractivity (Wildman–Crippen MR) is 90.9 cm³/mol. The number of ether oxygens (including phenoxy) is 2. The van der Waals surface area contributed by atoms with Crippen molar-refractivity contribution >= 4 is 5.57 Å². The summed E-state index contributed by atoms with van der Waals surface area (Å²) in [5.74, 6) is -0.486. The Balaban J connectivity index is 2.10. The average Bonchev–Trinajstić information content (AvgIpc) is 2.63. The topological polar surface area (TPSA) is 18.5 Å². The molecule has 0 spiro atoms. The highest BCUT2D eigenvalue weighted by molar-refractivity contribution is 5.77. The van der Waals surface area contributed by atoms with Crippen molar-refractivity contribution in [3.05, 3.63) is 71.8 Å². The predicted octanol–water partition coefficient (Wildman–Crippen LogP) is 5.00. The second-order valence-corrected chi connectivity index (χ2v) is 5.52. The third-order valence-corrected chi connectivity index (χ3v) is 4.16. The van der Waals surface area contributed by atoms with Gasteiger partial charge in [0.05, 0.1) is 13.2 Å². The molecule has 0 saturated heterocycles. The number of para-hydroxylation sites is 1. The van der Waals surface area contributed by atoms with Crippen molar-refractivity contribution in [1.82, 2.24) is 0 Å². The fourth-order valence-electron chi connectivity index (χ4n) is 2.94. The Morgan fingerprint density at radius 3 is 2.42 bits per heavy atom. The summed E-state index contributed by atoms with van der Waals surface area (Å²) < 4.78 is 40.0. The summed E-state index contributed by atoms with van der Waals surface area (Å²) in [7, 11) is 3.07.